The van der Waals surface area contributed by atoms with Gasteiger partial charge in [0.15, 0.2) is 23.1 Å². The van der Waals surface area contributed by atoms with Crippen LogP contribution in [0.25, 0.3) is 5.69 Å². The van der Waals surface area contributed by atoms with Crippen molar-refractivity contribution in [2.45, 2.75) is 32.3 Å². The number of hydrogen-bond acceptors (Lipinski definition) is 6. The van der Waals surface area contributed by atoms with Crippen LogP contribution in [-0.4, -0.2) is 26.5 Å². The molecule has 1 saturated carbocycles. The number of fused-ring (bicyclic) bond motifs is 1. The Hall–Kier alpha value is -3.09. The molecule has 0 radical (unpaired) electrons. The third-order valence-corrected chi connectivity index (χ3v) is 4.56. The number of aryl methyl sites for hydroxylation is 1. The fourth-order valence-electron chi connectivity index (χ4n) is 2.98. The van der Waals surface area contributed by atoms with Gasteiger partial charge in [0.25, 0.3) is 0 Å². The first-order valence-corrected chi connectivity index (χ1v) is 8.67. The molecule has 0 N–H and O–H groups in total. The summed E-state index contributed by atoms with van der Waals surface area (Å²) in [6.45, 7) is 2.59. The zero-order chi connectivity index (χ0) is 17.5. The van der Waals surface area contributed by atoms with E-state index in [0.717, 1.165) is 41.5 Å². The molecule has 0 unspecified atom stereocenters. The summed E-state index contributed by atoms with van der Waals surface area (Å²) in [4.78, 5) is 8.89. The van der Waals surface area contributed by atoms with E-state index in [-0.39, 0.29) is 6.79 Å². The van der Waals surface area contributed by atoms with Gasteiger partial charge in [-0.15, -0.1) is 0 Å². The molecule has 2 aliphatic rings. The van der Waals surface area contributed by atoms with Gasteiger partial charge in [0.05, 0.1) is 5.69 Å². The number of nitrogens with zero attached hydrogens (tertiary/aromatic N) is 4. The zero-order valence-corrected chi connectivity index (χ0v) is 14.4. The van der Waals surface area contributed by atoms with Crippen LogP contribution in [0.1, 0.15) is 36.0 Å². The van der Waals surface area contributed by atoms with E-state index < -0.39 is 0 Å². The molecular weight excluding hydrogens is 332 g/mol. The Labute approximate surface area is 150 Å². The first-order valence-electron chi connectivity index (χ1n) is 8.67. The molecule has 1 aromatic carbocycles. The summed E-state index contributed by atoms with van der Waals surface area (Å²) in [6.07, 6.45) is 5.91. The fourth-order valence-corrected chi connectivity index (χ4v) is 2.98. The highest BCUT2D eigenvalue weighted by Crippen LogP contribution is 2.39. The number of benzene rings is 1. The molecule has 0 atom stereocenters. The summed E-state index contributed by atoms with van der Waals surface area (Å²) in [5.41, 5.74) is 2.02. The van der Waals surface area contributed by atoms with Gasteiger partial charge < -0.3 is 14.2 Å². The van der Waals surface area contributed by atoms with Gasteiger partial charge in [-0.3, -0.25) is 4.98 Å². The van der Waals surface area contributed by atoms with Crippen molar-refractivity contribution in [2.24, 2.45) is 0 Å². The fraction of sp³-hybridized carbons (Fsp3) is 0.316. The molecule has 1 fully saturated rings. The van der Waals surface area contributed by atoms with Gasteiger partial charge in [-0.05, 0) is 43.5 Å². The third kappa shape index (κ3) is 2.75. The largest absolute Gasteiger partial charge is 0.485 e. The number of ether oxygens (including phenoxy) is 3. The maximum atomic E-state index is 5.96. The lowest BCUT2D eigenvalue weighted by atomic mass is 10.2. The second-order valence-electron chi connectivity index (χ2n) is 6.54. The number of hydrogen-bond donors (Lipinski definition) is 0. The molecule has 0 amide bonds. The summed E-state index contributed by atoms with van der Waals surface area (Å²) in [7, 11) is 0. The van der Waals surface area contributed by atoms with Crippen LogP contribution in [0.5, 0.6) is 17.2 Å². The van der Waals surface area contributed by atoms with E-state index in [2.05, 4.69) is 4.98 Å². The minimum Gasteiger partial charge on any atom is -0.485 e. The molecule has 0 spiro atoms. The number of pyridine rings is 1. The van der Waals surface area contributed by atoms with Gasteiger partial charge in [0, 0.05) is 24.4 Å². The lowest BCUT2D eigenvalue weighted by Gasteiger charge is -2.10. The van der Waals surface area contributed by atoms with Crippen LogP contribution in [0.4, 0.5) is 0 Å². The summed E-state index contributed by atoms with van der Waals surface area (Å²) < 4.78 is 18.6. The molecular formula is C19H18N4O3. The SMILES string of the molecule is Cc1cnccc1-n1nc(C2CC2)nc1COc1ccc2c(c1)OCO2. The molecule has 3 aromatic rings. The van der Waals surface area contributed by atoms with Crippen LogP contribution in [0.2, 0.25) is 0 Å². The number of rotatable bonds is 5. The van der Waals surface area contributed by atoms with Crippen molar-refractivity contribution in [1.82, 2.24) is 19.7 Å². The average molecular weight is 350 g/mol. The average Bonchev–Trinajstić information content (AvgIpc) is 3.25. The minimum absolute atomic E-state index is 0.249. The molecule has 7 heteroatoms. The summed E-state index contributed by atoms with van der Waals surface area (Å²) in [6, 6.07) is 7.51. The zero-order valence-electron chi connectivity index (χ0n) is 14.4. The quantitative estimate of drug-likeness (QED) is 0.704. The molecule has 1 aliphatic heterocycles. The first kappa shape index (κ1) is 15.2. The van der Waals surface area contributed by atoms with E-state index in [4.69, 9.17) is 24.3 Å². The second-order valence-corrected chi connectivity index (χ2v) is 6.54. The van der Waals surface area contributed by atoms with Gasteiger partial charge in [0.2, 0.25) is 6.79 Å². The lowest BCUT2D eigenvalue weighted by molar-refractivity contribution is 0.173. The van der Waals surface area contributed by atoms with Crippen LogP contribution in [-0.2, 0) is 6.61 Å². The highest BCUT2D eigenvalue weighted by Gasteiger charge is 2.29. The Kier molecular flexibility index (Phi) is 3.51. The topological polar surface area (TPSA) is 71.3 Å². The van der Waals surface area contributed by atoms with Crippen LogP contribution >= 0.6 is 0 Å². The molecule has 7 nitrogen and oxygen atoms in total. The molecule has 26 heavy (non-hydrogen) atoms. The highest BCUT2D eigenvalue weighted by atomic mass is 16.7. The van der Waals surface area contributed by atoms with Gasteiger partial charge >= 0.3 is 0 Å². The van der Waals surface area contributed by atoms with E-state index in [0.29, 0.717) is 24.0 Å². The minimum atomic E-state index is 0.249. The predicted octanol–water partition coefficient (Wildman–Crippen LogP) is 3.16. The molecule has 132 valence electrons. The highest BCUT2D eigenvalue weighted by molar-refractivity contribution is 5.47. The normalized spacial score (nSPS) is 15.3. The second kappa shape index (κ2) is 6.01. The summed E-state index contributed by atoms with van der Waals surface area (Å²) in [5.74, 6) is 4.30. The van der Waals surface area contributed by atoms with E-state index in [1.54, 1.807) is 6.20 Å². The van der Waals surface area contributed by atoms with Crippen LogP contribution < -0.4 is 14.2 Å². The monoisotopic (exact) mass is 350 g/mol. The van der Waals surface area contributed by atoms with Crippen molar-refractivity contribution in [3.8, 4) is 22.9 Å². The van der Waals surface area contributed by atoms with Crippen molar-refractivity contribution in [3.63, 3.8) is 0 Å². The maximum absolute atomic E-state index is 5.96. The van der Waals surface area contributed by atoms with Crippen molar-refractivity contribution >= 4 is 0 Å². The van der Waals surface area contributed by atoms with Crippen LogP contribution in [0, 0.1) is 6.92 Å². The Morgan fingerprint density at radius 2 is 2.08 bits per heavy atom. The maximum Gasteiger partial charge on any atom is 0.231 e. The van der Waals surface area contributed by atoms with Crippen molar-refractivity contribution in [2.75, 3.05) is 6.79 Å². The predicted molar refractivity (Wildman–Crippen MR) is 92.8 cm³/mol. The van der Waals surface area contributed by atoms with E-state index in [1.807, 2.05) is 42.1 Å². The van der Waals surface area contributed by atoms with Crippen molar-refractivity contribution < 1.29 is 14.2 Å². The molecule has 3 heterocycles. The molecule has 1 aliphatic carbocycles. The smallest absolute Gasteiger partial charge is 0.231 e. The van der Waals surface area contributed by atoms with Crippen LogP contribution in [0.3, 0.4) is 0 Å². The van der Waals surface area contributed by atoms with Gasteiger partial charge in [-0.2, -0.15) is 5.10 Å². The van der Waals surface area contributed by atoms with E-state index >= 15 is 0 Å². The standard InChI is InChI=1S/C19H18N4O3/c1-12-9-20-7-6-15(12)23-18(21-19(22-23)13-2-3-13)10-24-14-4-5-16-17(8-14)26-11-25-16/h4-9,13H,2-3,10-11H2,1H3. The van der Waals surface area contributed by atoms with Crippen molar-refractivity contribution in [3.05, 3.63) is 53.9 Å². The Bertz CT molecular complexity index is 965. The molecule has 0 bridgehead atoms. The van der Waals surface area contributed by atoms with E-state index in [9.17, 15) is 0 Å². The Morgan fingerprint density at radius 1 is 1.19 bits per heavy atom. The lowest BCUT2D eigenvalue weighted by Crippen LogP contribution is -2.08. The van der Waals surface area contributed by atoms with Gasteiger partial charge in [0.1, 0.15) is 12.4 Å². The Balaban J connectivity index is 1.43. The summed E-state index contributed by atoms with van der Waals surface area (Å²) >= 11 is 0. The van der Waals surface area contributed by atoms with Crippen molar-refractivity contribution in [1.29, 1.82) is 0 Å². The summed E-state index contributed by atoms with van der Waals surface area (Å²) in [5, 5.41) is 4.73. The van der Waals surface area contributed by atoms with Gasteiger partial charge in [-0.1, -0.05) is 0 Å². The first-order chi connectivity index (χ1) is 12.8. The molecule has 2 aromatic heterocycles. The van der Waals surface area contributed by atoms with E-state index in [1.165, 1.54) is 0 Å². The van der Waals surface area contributed by atoms with Crippen LogP contribution in [0.15, 0.2) is 36.7 Å². The number of aromatic nitrogens is 4. The Morgan fingerprint density at radius 3 is 2.92 bits per heavy atom. The molecule has 0 saturated heterocycles. The third-order valence-electron chi connectivity index (χ3n) is 4.56. The van der Waals surface area contributed by atoms with Gasteiger partial charge in [-0.25, -0.2) is 9.67 Å². The molecule has 5 rings (SSSR count).